The van der Waals surface area contributed by atoms with E-state index < -0.39 is 12.0 Å². The summed E-state index contributed by atoms with van der Waals surface area (Å²) in [6.45, 7) is 4.42. The van der Waals surface area contributed by atoms with Crippen LogP contribution in [0.3, 0.4) is 0 Å². The zero-order chi connectivity index (χ0) is 13.7. The zero-order valence-corrected chi connectivity index (χ0v) is 11.9. The number of hydrogen-bond acceptors (Lipinski definition) is 2. The van der Waals surface area contributed by atoms with E-state index in [-0.39, 0.29) is 0 Å². The molecule has 0 bridgehead atoms. The molecule has 0 aliphatic carbocycles. The first-order valence-electron chi connectivity index (χ1n) is 5.79. The molecule has 0 saturated heterocycles. The van der Waals surface area contributed by atoms with Gasteiger partial charge in [-0.15, -0.1) is 0 Å². The van der Waals surface area contributed by atoms with Crippen LogP contribution in [-0.2, 0) is 11.3 Å². The van der Waals surface area contributed by atoms with Crippen molar-refractivity contribution in [2.24, 2.45) is 5.92 Å². The van der Waals surface area contributed by atoms with Crippen molar-refractivity contribution in [3.63, 3.8) is 0 Å². The van der Waals surface area contributed by atoms with E-state index in [4.69, 9.17) is 28.3 Å². The average Bonchev–Trinajstić information content (AvgIpc) is 2.21. The van der Waals surface area contributed by atoms with Crippen LogP contribution in [0.5, 0.6) is 0 Å². The number of carboxylic acids is 1. The summed E-state index contributed by atoms with van der Waals surface area (Å²) < 4.78 is 0. The molecule has 0 amide bonds. The molecule has 18 heavy (non-hydrogen) atoms. The summed E-state index contributed by atoms with van der Waals surface area (Å²) in [5.74, 6) is -0.515. The van der Waals surface area contributed by atoms with Crippen LogP contribution >= 0.6 is 23.2 Å². The van der Waals surface area contributed by atoms with Crippen molar-refractivity contribution in [3.05, 3.63) is 33.8 Å². The van der Waals surface area contributed by atoms with Crippen molar-refractivity contribution < 1.29 is 9.90 Å². The Labute approximate surface area is 117 Å². The minimum atomic E-state index is -0.836. The molecular formula is C13H17Cl2NO2. The molecule has 1 rings (SSSR count). The maximum absolute atomic E-state index is 11.1. The van der Waals surface area contributed by atoms with Crippen LogP contribution in [0.15, 0.2) is 18.2 Å². The third-order valence-electron chi connectivity index (χ3n) is 2.48. The highest BCUT2D eigenvalue weighted by Gasteiger charge is 2.17. The topological polar surface area (TPSA) is 49.3 Å². The molecule has 1 aromatic carbocycles. The van der Waals surface area contributed by atoms with Crippen LogP contribution in [0.2, 0.25) is 10.0 Å². The molecule has 0 spiro atoms. The lowest BCUT2D eigenvalue weighted by Crippen LogP contribution is -2.37. The molecular weight excluding hydrogens is 273 g/mol. The predicted octanol–water partition coefficient (Wildman–Crippen LogP) is 3.58. The van der Waals surface area contributed by atoms with E-state index in [9.17, 15) is 4.79 Å². The average molecular weight is 290 g/mol. The summed E-state index contributed by atoms with van der Waals surface area (Å²) in [7, 11) is 0. The van der Waals surface area contributed by atoms with Gasteiger partial charge in [0.2, 0.25) is 0 Å². The minimum absolute atomic E-state index is 0.321. The highest BCUT2D eigenvalue weighted by Crippen LogP contribution is 2.19. The lowest BCUT2D eigenvalue weighted by atomic mass is 10.0. The molecule has 0 aliphatic heterocycles. The number of rotatable bonds is 6. The lowest BCUT2D eigenvalue weighted by molar-refractivity contribution is -0.140. The predicted molar refractivity (Wildman–Crippen MR) is 74.2 cm³/mol. The van der Waals surface area contributed by atoms with Crippen molar-refractivity contribution in [2.45, 2.75) is 32.9 Å². The Kier molecular flexibility index (Phi) is 5.93. The van der Waals surface area contributed by atoms with E-state index in [0.717, 1.165) is 5.56 Å². The molecule has 0 saturated carbocycles. The summed E-state index contributed by atoms with van der Waals surface area (Å²) in [4.78, 5) is 11.1. The largest absolute Gasteiger partial charge is 0.480 e. The fraction of sp³-hybridized carbons (Fsp3) is 0.462. The first-order valence-corrected chi connectivity index (χ1v) is 6.55. The molecule has 0 aromatic heterocycles. The first kappa shape index (κ1) is 15.3. The SMILES string of the molecule is CC(C)CC(NCc1cc(Cl)cc(Cl)c1)C(=O)O. The van der Waals surface area contributed by atoms with Gasteiger partial charge in [0.05, 0.1) is 0 Å². The first-order chi connectivity index (χ1) is 8.38. The quantitative estimate of drug-likeness (QED) is 0.842. The van der Waals surface area contributed by atoms with E-state index in [1.807, 2.05) is 13.8 Å². The van der Waals surface area contributed by atoms with Crippen molar-refractivity contribution in [3.8, 4) is 0 Å². The smallest absolute Gasteiger partial charge is 0.320 e. The number of benzene rings is 1. The van der Waals surface area contributed by atoms with Gasteiger partial charge in [-0.1, -0.05) is 37.0 Å². The number of carboxylic acid groups (broad SMARTS) is 1. The van der Waals surface area contributed by atoms with Crippen molar-refractivity contribution in [2.75, 3.05) is 0 Å². The Hall–Kier alpha value is -0.770. The molecule has 2 N–H and O–H groups in total. The fourth-order valence-electron chi connectivity index (χ4n) is 1.70. The molecule has 0 heterocycles. The number of hydrogen-bond donors (Lipinski definition) is 2. The Morgan fingerprint density at radius 1 is 1.28 bits per heavy atom. The summed E-state index contributed by atoms with van der Waals surface area (Å²) in [6.07, 6.45) is 0.587. The molecule has 3 nitrogen and oxygen atoms in total. The van der Waals surface area contributed by atoms with Crippen molar-refractivity contribution in [1.29, 1.82) is 0 Å². The third kappa shape index (κ3) is 5.25. The second-order valence-corrected chi connectivity index (χ2v) is 5.55. The molecule has 100 valence electrons. The van der Waals surface area contributed by atoms with Gasteiger partial charge in [0.15, 0.2) is 0 Å². The van der Waals surface area contributed by atoms with Gasteiger partial charge in [0, 0.05) is 16.6 Å². The number of carbonyl (C=O) groups is 1. The van der Waals surface area contributed by atoms with Crippen LogP contribution in [0.25, 0.3) is 0 Å². The number of nitrogens with one attached hydrogen (secondary N) is 1. The van der Waals surface area contributed by atoms with E-state index in [1.54, 1.807) is 18.2 Å². The monoisotopic (exact) mass is 289 g/mol. The normalized spacial score (nSPS) is 12.7. The van der Waals surface area contributed by atoms with Gasteiger partial charge in [0.25, 0.3) is 0 Å². The number of aliphatic carboxylic acids is 1. The Morgan fingerprint density at radius 2 is 1.83 bits per heavy atom. The highest BCUT2D eigenvalue weighted by molar-refractivity contribution is 6.34. The van der Waals surface area contributed by atoms with Crippen LogP contribution in [-0.4, -0.2) is 17.1 Å². The maximum atomic E-state index is 11.1. The fourth-order valence-corrected chi connectivity index (χ4v) is 2.27. The Balaban J connectivity index is 2.63. The van der Waals surface area contributed by atoms with Gasteiger partial charge < -0.3 is 10.4 Å². The van der Waals surface area contributed by atoms with Crippen molar-refractivity contribution >= 4 is 29.2 Å². The molecule has 0 fully saturated rings. The van der Waals surface area contributed by atoms with E-state index in [0.29, 0.717) is 28.9 Å². The maximum Gasteiger partial charge on any atom is 0.320 e. The van der Waals surface area contributed by atoms with E-state index in [2.05, 4.69) is 5.32 Å². The van der Waals surface area contributed by atoms with Gasteiger partial charge in [-0.05, 0) is 36.1 Å². The van der Waals surface area contributed by atoms with Gasteiger partial charge >= 0.3 is 5.97 Å². The summed E-state index contributed by atoms with van der Waals surface area (Å²) in [5.41, 5.74) is 0.877. The summed E-state index contributed by atoms with van der Waals surface area (Å²) >= 11 is 11.8. The molecule has 1 unspecified atom stereocenters. The van der Waals surface area contributed by atoms with Gasteiger partial charge in [-0.2, -0.15) is 0 Å². The Bertz CT molecular complexity index is 401. The van der Waals surface area contributed by atoms with Gasteiger partial charge in [-0.25, -0.2) is 0 Å². The minimum Gasteiger partial charge on any atom is -0.480 e. The third-order valence-corrected chi connectivity index (χ3v) is 2.92. The van der Waals surface area contributed by atoms with E-state index >= 15 is 0 Å². The molecule has 0 aliphatic rings. The second kappa shape index (κ2) is 6.98. The second-order valence-electron chi connectivity index (χ2n) is 4.68. The lowest BCUT2D eigenvalue weighted by Gasteiger charge is -2.16. The number of halogens is 2. The van der Waals surface area contributed by atoms with Gasteiger partial charge in [-0.3, -0.25) is 4.79 Å². The van der Waals surface area contributed by atoms with Crippen LogP contribution in [0.4, 0.5) is 0 Å². The molecule has 0 radical (unpaired) electrons. The van der Waals surface area contributed by atoms with Gasteiger partial charge in [0.1, 0.15) is 6.04 Å². The standard InChI is InChI=1S/C13H17Cl2NO2/c1-8(2)3-12(13(17)18)16-7-9-4-10(14)6-11(15)5-9/h4-6,8,12,16H,3,7H2,1-2H3,(H,17,18). The summed E-state index contributed by atoms with van der Waals surface area (Å²) in [6, 6.07) is 4.64. The summed E-state index contributed by atoms with van der Waals surface area (Å²) in [5, 5.41) is 13.2. The van der Waals surface area contributed by atoms with E-state index in [1.165, 1.54) is 0 Å². The highest BCUT2D eigenvalue weighted by atomic mass is 35.5. The van der Waals surface area contributed by atoms with Crippen LogP contribution in [0.1, 0.15) is 25.8 Å². The Morgan fingerprint density at radius 3 is 2.28 bits per heavy atom. The van der Waals surface area contributed by atoms with Crippen molar-refractivity contribution in [1.82, 2.24) is 5.32 Å². The zero-order valence-electron chi connectivity index (χ0n) is 10.4. The van der Waals surface area contributed by atoms with Crippen LogP contribution in [0, 0.1) is 5.92 Å². The molecule has 1 aromatic rings. The molecule has 1 atom stereocenters. The van der Waals surface area contributed by atoms with Crippen LogP contribution < -0.4 is 5.32 Å². The molecule has 5 heteroatoms.